The zero-order chi connectivity index (χ0) is 15.1. The van der Waals surface area contributed by atoms with Crippen LogP contribution in [0.2, 0.25) is 0 Å². The molecule has 2 saturated heterocycles. The summed E-state index contributed by atoms with van der Waals surface area (Å²) < 4.78 is 5.37. The fourth-order valence-corrected chi connectivity index (χ4v) is 3.02. The van der Waals surface area contributed by atoms with Gasteiger partial charge in [-0.15, -0.1) is 0 Å². The fourth-order valence-electron chi connectivity index (χ4n) is 3.02. The molecule has 6 heteroatoms. The molecule has 2 amide bonds. The van der Waals surface area contributed by atoms with Crippen LogP contribution < -0.4 is 5.32 Å². The second-order valence-corrected chi connectivity index (χ2v) is 5.97. The van der Waals surface area contributed by atoms with E-state index in [0.717, 1.165) is 58.8 Å². The van der Waals surface area contributed by atoms with Gasteiger partial charge in [-0.25, -0.2) is 0 Å². The molecular weight excluding hydrogens is 270 g/mol. The third-order valence-corrected chi connectivity index (χ3v) is 4.30. The van der Waals surface area contributed by atoms with E-state index in [0.29, 0.717) is 18.9 Å². The summed E-state index contributed by atoms with van der Waals surface area (Å²) in [6.45, 7) is 8.54. The average Bonchev–Trinajstić information content (AvgIpc) is 2.48. The summed E-state index contributed by atoms with van der Waals surface area (Å²) in [5.74, 6) is 0.781. The van der Waals surface area contributed by atoms with Gasteiger partial charge in [0.25, 0.3) is 0 Å². The standard InChI is InChI=1S/C15H27N3O3/c1-13(19)16-5-2-15(20)18-6-3-14(4-7-18)12-17-8-10-21-11-9-17/h14H,2-12H2,1H3,(H,16,19). The first-order valence-electron chi connectivity index (χ1n) is 7.97. The minimum absolute atomic E-state index is 0.0768. The lowest BCUT2D eigenvalue weighted by Gasteiger charge is -2.36. The van der Waals surface area contributed by atoms with Crippen molar-refractivity contribution in [3.63, 3.8) is 0 Å². The number of rotatable bonds is 5. The molecule has 2 aliphatic rings. The highest BCUT2D eigenvalue weighted by Crippen LogP contribution is 2.19. The molecule has 0 radical (unpaired) electrons. The number of hydrogen-bond donors (Lipinski definition) is 1. The minimum atomic E-state index is -0.0768. The first kappa shape index (κ1) is 16.2. The predicted molar refractivity (Wildman–Crippen MR) is 79.9 cm³/mol. The molecule has 2 heterocycles. The van der Waals surface area contributed by atoms with E-state index >= 15 is 0 Å². The van der Waals surface area contributed by atoms with Crippen LogP contribution in [0.15, 0.2) is 0 Å². The predicted octanol–water partition coefficient (Wildman–Crippen LogP) is 0.0834. The minimum Gasteiger partial charge on any atom is -0.379 e. The van der Waals surface area contributed by atoms with Crippen LogP contribution in [0, 0.1) is 5.92 Å². The lowest BCUT2D eigenvalue weighted by molar-refractivity contribution is -0.132. The lowest BCUT2D eigenvalue weighted by atomic mass is 9.96. The van der Waals surface area contributed by atoms with E-state index in [9.17, 15) is 9.59 Å². The number of ether oxygens (including phenoxy) is 1. The smallest absolute Gasteiger partial charge is 0.224 e. The van der Waals surface area contributed by atoms with Gasteiger partial charge < -0.3 is 15.0 Å². The van der Waals surface area contributed by atoms with Crippen LogP contribution in [0.4, 0.5) is 0 Å². The van der Waals surface area contributed by atoms with Gasteiger partial charge in [0.15, 0.2) is 0 Å². The highest BCUT2D eigenvalue weighted by molar-refractivity contribution is 5.78. The van der Waals surface area contributed by atoms with Gasteiger partial charge in [0.05, 0.1) is 13.2 Å². The highest BCUT2D eigenvalue weighted by atomic mass is 16.5. The van der Waals surface area contributed by atoms with E-state index in [1.165, 1.54) is 6.92 Å². The van der Waals surface area contributed by atoms with Gasteiger partial charge in [-0.2, -0.15) is 0 Å². The summed E-state index contributed by atoms with van der Waals surface area (Å²) in [5.41, 5.74) is 0. The lowest BCUT2D eigenvalue weighted by Crippen LogP contribution is -2.44. The molecule has 2 fully saturated rings. The zero-order valence-electron chi connectivity index (χ0n) is 13.0. The molecule has 0 aromatic rings. The molecule has 0 bridgehead atoms. The maximum Gasteiger partial charge on any atom is 0.224 e. The maximum absolute atomic E-state index is 12.0. The quantitative estimate of drug-likeness (QED) is 0.781. The monoisotopic (exact) mass is 297 g/mol. The molecular formula is C15H27N3O3. The second kappa shape index (κ2) is 8.34. The Morgan fingerprint density at radius 2 is 1.81 bits per heavy atom. The number of piperidine rings is 1. The fraction of sp³-hybridized carbons (Fsp3) is 0.867. The molecule has 0 atom stereocenters. The van der Waals surface area contributed by atoms with E-state index in [-0.39, 0.29) is 11.8 Å². The third kappa shape index (κ3) is 5.63. The van der Waals surface area contributed by atoms with E-state index in [4.69, 9.17) is 4.74 Å². The van der Waals surface area contributed by atoms with Crippen molar-refractivity contribution in [1.82, 2.24) is 15.1 Å². The van der Waals surface area contributed by atoms with Gasteiger partial charge >= 0.3 is 0 Å². The molecule has 2 rings (SSSR count). The molecule has 0 unspecified atom stereocenters. The van der Waals surface area contributed by atoms with Crippen molar-refractivity contribution in [1.29, 1.82) is 0 Å². The normalized spacial score (nSPS) is 21.3. The van der Waals surface area contributed by atoms with Crippen LogP contribution in [-0.2, 0) is 14.3 Å². The number of amides is 2. The zero-order valence-corrected chi connectivity index (χ0v) is 13.0. The van der Waals surface area contributed by atoms with Crippen LogP contribution in [0.5, 0.6) is 0 Å². The van der Waals surface area contributed by atoms with Crippen molar-refractivity contribution in [3.8, 4) is 0 Å². The van der Waals surface area contributed by atoms with Crippen molar-refractivity contribution < 1.29 is 14.3 Å². The Morgan fingerprint density at radius 3 is 2.43 bits per heavy atom. The number of carbonyl (C=O) groups excluding carboxylic acids is 2. The van der Waals surface area contributed by atoms with Crippen LogP contribution in [0.1, 0.15) is 26.2 Å². The van der Waals surface area contributed by atoms with Crippen LogP contribution in [0.3, 0.4) is 0 Å². The number of nitrogens with zero attached hydrogens (tertiary/aromatic N) is 2. The Balaban J connectivity index is 1.62. The van der Waals surface area contributed by atoms with Gasteiger partial charge in [0.2, 0.25) is 11.8 Å². The Kier molecular flexibility index (Phi) is 6.45. The number of likely N-dealkylation sites (tertiary alicyclic amines) is 1. The molecule has 0 aliphatic carbocycles. The van der Waals surface area contributed by atoms with Gasteiger partial charge in [-0.1, -0.05) is 0 Å². The van der Waals surface area contributed by atoms with Crippen molar-refractivity contribution in [2.24, 2.45) is 5.92 Å². The molecule has 0 saturated carbocycles. The van der Waals surface area contributed by atoms with Gasteiger partial charge in [0.1, 0.15) is 0 Å². The molecule has 0 aromatic carbocycles. The highest BCUT2D eigenvalue weighted by Gasteiger charge is 2.24. The van der Waals surface area contributed by atoms with Crippen LogP contribution >= 0.6 is 0 Å². The Bertz CT molecular complexity index is 348. The third-order valence-electron chi connectivity index (χ3n) is 4.30. The van der Waals surface area contributed by atoms with Crippen molar-refractivity contribution in [2.75, 3.05) is 52.5 Å². The number of hydrogen-bond acceptors (Lipinski definition) is 4. The van der Waals surface area contributed by atoms with Gasteiger partial charge in [0, 0.05) is 52.6 Å². The number of nitrogens with one attached hydrogen (secondary N) is 1. The van der Waals surface area contributed by atoms with Crippen LogP contribution in [0.25, 0.3) is 0 Å². The molecule has 2 aliphatic heterocycles. The molecule has 0 spiro atoms. The Morgan fingerprint density at radius 1 is 1.14 bits per heavy atom. The van der Waals surface area contributed by atoms with E-state index in [1.54, 1.807) is 0 Å². The maximum atomic E-state index is 12.0. The summed E-state index contributed by atoms with van der Waals surface area (Å²) in [6, 6.07) is 0. The summed E-state index contributed by atoms with van der Waals surface area (Å²) in [6.07, 6.45) is 2.58. The van der Waals surface area contributed by atoms with Crippen LogP contribution in [-0.4, -0.2) is 74.1 Å². The number of morpholine rings is 1. The van der Waals surface area contributed by atoms with Crippen molar-refractivity contribution in [3.05, 3.63) is 0 Å². The summed E-state index contributed by atoms with van der Waals surface area (Å²) >= 11 is 0. The molecule has 0 aromatic heterocycles. The molecule has 120 valence electrons. The first-order valence-corrected chi connectivity index (χ1v) is 7.97. The molecule has 6 nitrogen and oxygen atoms in total. The van der Waals surface area contributed by atoms with Crippen molar-refractivity contribution >= 4 is 11.8 Å². The topological polar surface area (TPSA) is 61.9 Å². The molecule has 21 heavy (non-hydrogen) atoms. The average molecular weight is 297 g/mol. The van der Waals surface area contributed by atoms with E-state index in [2.05, 4.69) is 10.2 Å². The van der Waals surface area contributed by atoms with Crippen molar-refractivity contribution in [2.45, 2.75) is 26.2 Å². The van der Waals surface area contributed by atoms with E-state index < -0.39 is 0 Å². The summed E-state index contributed by atoms with van der Waals surface area (Å²) in [4.78, 5) is 27.2. The number of carbonyl (C=O) groups is 2. The van der Waals surface area contributed by atoms with Gasteiger partial charge in [-0.3, -0.25) is 14.5 Å². The van der Waals surface area contributed by atoms with Gasteiger partial charge in [-0.05, 0) is 18.8 Å². The SMILES string of the molecule is CC(=O)NCCC(=O)N1CCC(CN2CCOCC2)CC1. The second-order valence-electron chi connectivity index (χ2n) is 5.97. The molecule has 1 N–H and O–H groups in total. The van der Waals surface area contributed by atoms with E-state index in [1.807, 2.05) is 4.90 Å². The first-order chi connectivity index (χ1) is 10.1. The largest absolute Gasteiger partial charge is 0.379 e. The summed E-state index contributed by atoms with van der Waals surface area (Å²) in [5, 5.41) is 2.67. The Hall–Kier alpha value is -1.14. The summed E-state index contributed by atoms with van der Waals surface area (Å²) in [7, 11) is 0. The Labute approximate surface area is 126 Å².